The molecule has 252 valence electrons. The molecule has 0 amide bonds. The van der Waals surface area contributed by atoms with Gasteiger partial charge in [-0.05, 0) is 44.7 Å². The van der Waals surface area contributed by atoms with E-state index in [4.69, 9.17) is 19.7 Å². The molecule has 1 aliphatic carbocycles. The summed E-state index contributed by atoms with van der Waals surface area (Å²) in [6.07, 6.45) is 0. The molecule has 0 atom stereocenters. The van der Waals surface area contributed by atoms with Crippen LogP contribution in [0.3, 0.4) is 0 Å². The Morgan fingerprint density at radius 1 is 0.315 bits per heavy atom. The summed E-state index contributed by atoms with van der Waals surface area (Å²) in [6.45, 7) is 0. The van der Waals surface area contributed by atoms with Crippen LogP contribution in [0.15, 0.2) is 188 Å². The van der Waals surface area contributed by atoms with Gasteiger partial charge in [-0.25, -0.2) is 15.0 Å². The summed E-state index contributed by atoms with van der Waals surface area (Å²) in [5.74, 6) is 3.65. The van der Waals surface area contributed by atoms with Crippen LogP contribution >= 0.6 is 0 Å². The van der Waals surface area contributed by atoms with Crippen LogP contribution in [0.2, 0.25) is 0 Å². The lowest BCUT2D eigenvalue weighted by molar-refractivity contribution is 0.438. The Morgan fingerprint density at radius 3 is 1.41 bits per heavy atom. The number of hydrogen-bond acceptors (Lipinski definition) is 4. The number of hydrogen-bond donors (Lipinski definition) is 0. The molecule has 11 rings (SSSR count). The van der Waals surface area contributed by atoms with Crippen LogP contribution in [0.25, 0.3) is 67.2 Å². The van der Waals surface area contributed by atoms with Crippen LogP contribution in [-0.4, -0.2) is 15.0 Å². The lowest BCUT2D eigenvalue weighted by Gasteiger charge is -2.40. The van der Waals surface area contributed by atoms with Crippen molar-refractivity contribution in [1.29, 1.82) is 0 Å². The predicted molar refractivity (Wildman–Crippen MR) is 216 cm³/mol. The predicted octanol–water partition coefficient (Wildman–Crippen LogP) is 12.2. The molecule has 1 aliphatic heterocycles. The highest BCUT2D eigenvalue weighted by atomic mass is 16.5. The standard InChI is InChI=1S/C50H31N3O/c1-3-16-32(17-4-1)47-51-48(33-18-5-2-6-19-33)53-49(52-47)40-26-14-22-34-35(23-13-24-36(34)40)39-25-15-30-44-46(39)54-45-31-12-11-29-43(45)50(44)41-27-9-7-20-37(41)38-21-8-10-28-42(38)50/h1-31H. The maximum Gasteiger partial charge on any atom is 0.164 e. The average molecular weight is 690 g/mol. The fourth-order valence-electron chi connectivity index (χ4n) is 8.76. The topological polar surface area (TPSA) is 47.9 Å². The molecule has 2 aliphatic rings. The first-order valence-corrected chi connectivity index (χ1v) is 18.3. The number of benzene rings is 8. The van der Waals surface area contributed by atoms with Gasteiger partial charge in [-0.3, -0.25) is 0 Å². The molecule has 54 heavy (non-hydrogen) atoms. The van der Waals surface area contributed by atoms with Crippen LogP contribution in [0.4, 0.5) is 0 Å². The van der Waals surface area contributed by atoms with Gasteiger partial charge in [0.05, 0.1) is 5.41 Å². The molecule has 9 aromatic rings. The van der Waals surface area contributed by atoms with Crippen molar-refractivity contribution in [3.05, 3.63) is 210 Å². The van der Waals surface area contributed by atoms with Crippen molar-refractivity contribution >= 4 is 10.8 Å². The summed E-state index contributed by atoms with van der Waals surface area (Å²) < 4.78 is 7.04. The molecule has 0 saturated carbocycles. The number of para-hydroxylation sites is 2. The first kappa shape index (κ1) is 30.5. The van der Waals surface area contributed by atoms with Gasteiger partial charge in [0.15, 0.2) is 17.5 Å². The van der Waals surface area contributed by atoms with Gasteiger partial charge in [-0.2, -0.15) is 0 Å². The molecule has 0 saturated heterocycles. The third-order valence-corrected chi connectivity index (χ3v) is 11.0. The Balaban J connectivity index is 1.14. The minimum atomic E-state index is -0.532. The number of aromatic nitrogens is 3. The second-order valence-corrected chi connectivity index (χ2v) is 13.9. The van der Waals surface area contributed by atoms with Crippen molar-refractivity contribution in [3.8, 4) is 67.9 Å². The van der Waals surface area contributed by atoms with E-state index in [1.165, 1.54) is 22.3 Å². The van der Waals surface area contributed by atoms with Crippen LogP contribution < -0.4 is 4.74 Å². The van der Waals surface area contributed by atoms with E-state index >= 15 is 0 Å². The highest BCUT2D eigenvalue weighted by Gasteiger charge is 2.51. The molecular formula is C50H31N3O. The third-order valence-electron chi connectivity index (χ3n) is 11.0. The number of ether oxygens (including phenoxy) is 1. The fourth-order valence-corrected chi connectivity index (χ4v) is 8.76. The minimum Gasteiger partial charge on any atom is -0.456 e. The van der Waals surface area contributed by atoms with Crippen molar-refractivity contribution in [2.24, 2.45) is 0 Å². The van der Waals surface area contributed by atoms with Crippen LogP contribution in [0, 0.1) is 0 Å². The molecule has 0 bridgehead atoms. The molecule has 1 aromatic heterocycles. The monoisotopic (exact) mass is 689 g/mol. The van der Waals surface area contributed by atoms with E-state index in [9.17, 15) is 0 Å². The van der Waals surface area contributed by atoms with E-state index in [0.29, 0.717) is 17.5 Å². The van der Waals surface area contributed by atoms with Gasteiger partial charge in [0.2, 0.25) is 0 Å². The summed E-state index contributed by atoms with van der Waals surface area (Å²) >= 11 is 0. The van der Waals surface area contributed by atoms with Gasteiger partial charge in [0, 0.05) is 33.4 Å². The smallest absolute Gasteiger partial charge is 0.164 e. The van der Waals surface area contributed by atoms with Crippen LogP contribution in [0.5, 0.6) is 11.5 Å². The fraction of sp³-hybridized carbons (Fsp3) is 0.0200. The molecule has 4 heteroatoms. The Hall–Kier alpha value is -7.17. The molecule has 0 fully saturated rings. The van der Waals surface area contributed by atoms with E-state index in [-0.39, 0.29) is 0 Å². The molecule has 4 nitrogen and oxygen atoms in total. The maximum absolute atomic E-state index is 7.04. The van der Waals surface area contributed by atoms with E-state index in [1.54, 1.807) is 0 Å². The third kappa shape index (κ3) is 4.40. The van der Waals surface area contributed by atoms with E-state index in [1.807, 2.05) is 60.7 Å². The second kappa shape index (κ2) is 11.9. The zero-order valence-corrected chi connectivity index (χ0v) is 29.1. The summed E-state index contributed by atoms with van der Waals surface area (Å²) in [5.41, 5.74) is 11.8. The zero-order chi connectivity index (χ0) is 35.6. The molecule has 1 spiro atoms. The molecule has 0 unspecified atom stereocenters. The molecule has 0 radical (unpaired) electrons. The van der Waals surface area contributed by atoms with Gasteiger partial charge < -0.3 is 4.74 Å². The van der Waals surface area contributed by atoms with Gasteiger partial charge in [-0.15, -0.1) is 0 Å². The highest BCUT2D eigenvalue weighted by molar-refractivity contribution is 6.05. The van der Waals surface area contributed by atoms with Crippen molar-refractivity contribution in [1.82, 2.24) is 15.0 Å². The van der Waals surface area contributed by atoms with Gasteiger partial charge >= 0.3 is 0 Å². The Labute approximate surface area is 313 Å². The van der Waals surface area contributed by atoms with Crippen molar-refractivity contribution in [2.45, 2.75) is 5.41 Å². The lowest BCUT2D eigenvalue weighted by Crippen LogP contribution is -2.32. The van der Waals surface area contributed by atoms with Crippen molar-refractivity contribution < 1.29 is 4.74 Å². The SMILES string of the molecule is c1ccc(-c2nc(-c3ccccc3)nc(-c3cccc4c(-c5cccc6c5Oc5ccccc5C65c6ccccc6-c6ccccc65)cccc34)n2)cc1. The molecule has 8 aromatic carbocycles. The van der Waals surface area contributed by atoms with Crippen LogP contribution in [-0.2, 0) is 5.41 Å². The van der Waals surface area contributed by atoms with Crippen LogP contribution in [0.1, 0.15) is 22.3 Å². The van der Waals surface area contributed by atoms with E-state index in [2.05, 4.69) is 127 Å². The van der Waals surface area contributed by atoms with E-state index < -0.39 is 5.41 Å². The average Bonchev–Trinajstić information content (AvgIpc) is 3.54. The van der Waals surface area contributed by atoms with E-state index in [0.717, 1.165) is 61.2 Å². The lowest BCUT2D eigenvalue weighted by atomic mass is 9.65. The Kier molecular flexibility index (Phi) is 6.73. The summed E-state index contributed by atoms with van der Waals surface area (Å²) in [7, 11) is 0. The quantitative estimate of drug-likeness (QED) is 0.185. The summed E-state index contributed by atoms with van der Waals surface area (Å²) in [5, 5.41) is 2.15. The largest absolute Gasteiger partial charge is 0.456 e. The summed E-state index contributed by atoms with van der Waals surface area (Å²) in [4.78, 5) is 15.1. The second-order valence-electron chi connectivity index (χ2n) is 13.9. The summed E-state index contributed by atoms with van der Waals surface area (Å²) in [6, 6.07) is 66.0. The first-order valence-electron chi connectivity index (χ1n) is 18.3. The zero-order valence-electron chi connectivity index (χ0n) is 29.1. The number of fused-ring (bicyclic) bond motifs is 10. The minimum absolute atomic E-state index is 0.532. The number of rotatable bonds is 4. The van der Waals surface area contributed by atoms with Crippen molar-refractivity contribution in [2.75, 3.05) is 0 Å². The normalized spacial score (nSPS) is 13.1. The molecular weight excluding hydrogens is 659 g/mol. The molecule has 2 heterocycles. The number of nitrogens with zero attached hydrogens (tertiary/aromatic N) is 3. The highest BCUT2D eigenvalue weighted by Crippen LogP contribution is 2.63. The van der Waals surface area contributed by atoms with Gasteiger partial charge in [-0.1, -0.05) is 182 Å². The molecule has 0 N–H and O–H groups in total. The maximum atomic E-state index is 7.04. The Morgan fingerprint density at radius 2 is 0.759 bits per heavy atom. The first-order chi connectivity index (χ1) is 26.8. The van der Waals surface area contributed by atoms with Gasteiger partial charge in [0.25, 0.3) is 0 Å². The Bertz CT molecular complexity index is 2820. The van der Waals surface area contributed by atoms with Crippen molar-refractivity contribution in [3.63, 3.8) is 0 Å². The van der Waals surface area contributed by atoms with Gasteiger partial charge in [0.1, 0.15) is 11.5 Å².